The third kappa shape index (κ3) is 5.16. The lowest BCUT2D eigenvalue weighted by Crippen LogP contribution is -2.40. The molecular weight excluding hydrogens is 423 g/mol. The van der Waals surface area contributed by atoms with Crippen molar-refractivity contribution in [3.63, 3.8) is 0 Å². The number of halogens is 1. The molecule has 174 valence electrons. The Kier molecular flexibility index (Phi) is 6.10. The van der Waals surface area contributed by atoms with Crippen molar-refractivity contribution >= 4 is 22.8 Å². The first-order chi connectivity index (χ1) is 15.6. The number of para-hydroxylation sites is 1. The number of aromatic nitrogens is 2. The third-order valence-corrected chi connectivity index (χ3v) is 5.78. The number of carbonyl (C=O) groups is 1. The van der Waals surface area contributed by atoms with Gasteiger partial charge < -0.3 is 20.0 Å². The van der Waals surface area contributed by atoms with Crippen LogP contribution in [0, 0.1) is 17.2 Å². The number of hydrogen-bond acceptors (Lipinski definition) is 5. The molecule has 0 spiro atoms. The van der Waals surface area contributed by atoms with Gasteiger partial charge in [0, 0.05) is 31.6 Å². The van der Waals surface area contributed by atoms with E-state index in [1.807, 2.05) is 20.8 Å². The molecule has 1 amide bonds. The number of benzene rings is 2. The molecule has 33 heavy (non-hydrogen) atoms. The largest absolute Gasteiger partial charge is 0.507 e. The zero-order chi connectivity index (χ0) is 23.8. The summed E-state index contributed by atoms with van der Waals surface area (Å²) in [5.74, 6) is 0.795. The Bertz CT molecular complexity index is 1180. The van der Waals surface area contributed by atoms with Gasteiger partial charge >= 0.3 is 6.09 Å². The quantitative estimate of drug-likeness (QED) is 0.567. The van der Waals surface area contributed by atoms with Gasteiger partial charge in [-0.2, -0.15) is 0 Å². The van der Waals surface area contributed by atoms with E-state index in [1.165, 1.54) is 17.0 Å². The molecule has 0 saturated carbocycles. The first-order valence-corrected chi connectivity index (χ1v) is 11.1. The Morgan fingerprint density at radius 3 is 2.67 bits per heavy atom. The second-order valence-electron chi connectivity index (χ2n) is 9.87. The number of carboxylic acid groups (broad SMARTS) is 1. The number of phenolic OH excluding ortho intramolecular Hbond substituents is 1. The van der Waals surface area contributed by atoms with E-state index in [1.54, 1.807) is 30.3 Å². The summed E-state index contributed by atoms with van der Waals surface area (Å²) in [4.78, 5) is 24.6. The smallest absolute Gasteiger partial charge is 0.407 e. The summed E-state index contributed by atoms with van der Waals surface area (Å²) < 4.78 is 14.1. The molecule has 1 atom stereocenters. The van der Waals surface area contributed by atoms with Crippen LogP contribution in [-0.4, -0.2) is 57.4 Å². The van der Waals surface area contributed by atoms with Crippen LogP contribution in [0.3, 0.4) is 0 Å². The minimum Gasteiger partial charge on any atom is -0.507 e. The van der Waals surface area contributed by atoms with E-state index in [4.69, 9.17) is 4.98 Å². The third-order valence-electron chi connectivity index (χ3n) is 5.78. The van der Waals surface area contributed by atoms with Crippen LogP contribution in [0.15, 0.2) is 42.5 Å². The maximum absolute atomic E-state index is 14.1. The number of hydrogen-bond donors (Lipinski definition) is 2. The van der Waals surface area contributed by atoms with Crippen LogP contribution in [0.25, 0.3) is 22.3 Å². The number of fused-ring (bicyclic) bond motifs is 1. The lowest BCUT2D eigenvalue weighted by atomic mass is 9.95. The molecule has 1 aliphatic heterocycles. The van der Waals surface area contributed by atoms with Gasteiger partial charge in [0.15, 0.2) is 5.82 Å². The molecule has 2 heterocycles. The van der Waals surface area contributed by atoms with Gasteiger partial charge in [-0.25, -0.2) is 19.2 Å². The van der Waals surface area contributed by atoms with Crippen LogP contribution >= 0.6 is 0 Å². The molecule has 1 saturated heterocycles. The fraction of sp³-hybridized carbons (Fsp3) is 0.400. The average molecular weight is 453 g/mol. The molecule has 2 aromatic carbocycles. The molecule has 1 fully saturated rings. The summed E-state index contributed by atoms with van der Waals surface area (Å²) in [5.41, 5.74) is 0.954. The molecule has 2 N–H and O–H groups in total. The maximum Gasteiger partial charge on any atom is 0.407 e. The minimum atomic E-state index is -0.917. The molecular formula is C25H29FN4O3. The Morgan fingerprint density at radius 1 is 1.21 bits per heavy atom. The van der Waals surface area contributed by atoms with Crippen molar-refractivity contribution in [3.8, 4) is 17.1 Å². The number of nitrogens with zero attached hydrogens (tertiary/aromatic N) is 4. The van der Waals surface area contributed by atoms with E-state index >= 15 is 0 Å². The second-order valence-corrected chi connectivity index (χ2v) is 9.87. The van der Waals surface area contributed by atoms with Crippen molar-refractivity contribution in [3.05, 3.63) is 48.3 Å². The normalized spacial score (nSPS) is 16.4. The Hall–Kier alpha value is -3.42. The van der Waals surface area contributed by atoms with Crippen LogP contribution in [0.2, 0.25) is 0 Å². The molecule has 1 aliphatic rings. The molecule has 4 rings (SSSR count). The zero-order valence-electron chi connectivity index (χ0n) is 19.1. The topological polar surface area (TPSA) is 89.8 Å². The predicted octanol–water partition coefficient (Wildman–Crippen LogP) is 4.99. The number of amides is 1. The highest BCUT2D eigenvalue weighted by Crippen LogP contribution is 2.34. The summed E-state index contributed by atoms with van der Waals surface area (Å²) in [6.45, 7) is 8.24. The van der Waals surface area contributed by atoms with Gasteiger partial charge in [0.2, 0.25) is 0 Å². The van der Waals surface area contributed by atoms with E-state index < -0.39 is 6.09 Å². The molecule has 7 nitrogen and oxygen atoms in total. The number of rotatable bonds is 5. The highest BCUT2D eigenvalue weighted by molar-refractivity contribution is 5.91. The molecule has 1 aromatic heterocycles. The van der Waals surface area contributed by atoms with Gasteiger partial charge in [0.25, 0.3) is 0 Å². The zero-order valence-corrected chi connectivity index (χ0v) is 19.1. The van der Waals surface area contributed by atoms with Crippen molar-refractivity contribution in [2.24, 2.45) is 11.3 Å². The van der Waals surface area contributed by atoms with Crippen molar-refractivity contribution in [1.29, 1.82) is 0 Å². The SMILES string of the molecule is CC(C)(C)CN(C[C@H]1CCN(c2nc(-c3ccccc3O)nc3ccc(F)cc23)C1)C(=O)O. The summed E-state index contributed by atoms with van der Waals surface area (Å²) in [6, 6.07) is 11.3. The van der Waals surface area contributed by atoms with E-state index in [0.29, 0.717) is 54.3 Å². The van der Waals surface area contributed by atoms with Crippen molar-refractivity contribution < 1.29 is 19.4 Å². The molecule has 0 unspecified atom stereocenters. The lowest BCUT2D eigenvalue weighted by molar-refractivity contribution is 0.118. The van der Waals surface area contributed by atoms with Gasteiger partial charge in [0.1, 0.15) is 17.4 Å². The van der Waals surface area contributed by atoms with Crippen LogP contribution in [0.4, 0.5) is 15.0 Å². The Balaban J connectivity index is 1.66. The van der Waals surface area contributed by atoms with Crippen molar-refractivity contribution in [1.82, 2.24) is 14.9 Å². The first-order valence-electron chi connectivity index (χ1n) is 11.1. The van der Waals surface area contributed by atoms with Gasteiger partial charge in [-0.3, -0.25) is 0 Å². The lowest BCUT2D eigenvalue weighted by Gasteiger charge is -2.29. The first kappa shape index (κ1) is 22.8. The van der Waals surface area contributed by atoms with Gasteiger partial charge in [-0.05, 0) is 48.1 Å². The second kappa shape index (κ2) is 8.84. The molecule has 0 bridgehead atoms. The standard InChI is InChI=1S/C25H29FN4O3/c1-25(2,3)15-30(24(32)33)14-16-10-11-29(13-16)23-19-12-17(26)8-9-20(19)27-22(28-23)18-6-4-5-7-21(18)31/h4-9,12,16,31H,10-11,13-15H2,1-3H3,(H,32,33)/t16-/m0/s1. The van der Waals surface area contributed by atoms with Crippen LogP contribution in [-0.2, 0) is 0 Å². The maximum atomic E-state index is 14.1. The predicted molar refractivity (Wildman–Crippen MR) is 126 cm³/mol. The number of anilines is 1. The molecule has 0 aliphatic carbocycles. The van der Waals surface area contributed by atoms with E-state index in [-0.39, 0.29) is 22.9 Å². The van der Waals surface area contributed by atoms with Crippen molar-refractivity contribution in [2.45, 2.75) is 27.2 Å². The summed E-state index contributed by atoms with van der Waals surface area (Å²) in [6.07, 6.45) is -0.111. The van der Waals surface area contributed by atoms with E-state index in [9.17, 15) is 19.4 Å². The summed E-state index contributed by atoms with van der Waals surface area (Å²) in [5, 5.41) is 20.6. The van der Waals surface area contributed by atoms with Crippen LogP contribution in [0.1, 0.15) is 27.2 Å². The Labute approximate surface area is 192 Å². The minimum absolute atomic E-state index is 0.0727. The Morgan fingerprint density at radius 2 is 1.97 bits per heavy atom. The van der Waals surface area contributed by atoms with Crippen molar-refractivity contribution in [2.75, 3.05) is 31.1 Å². The highest BCUT2D eigenvalue weighted by atomic mass is 19.1. The number of aromatic hydroxyl groups is 1. The van der Waals surface area contributed by atoms with Gasteiger partial charge in [-0.1, -0.05) is 32.9 Å². The fourth-order valence-electron chi connectivity index (χ4n) is 4.38. The summed E-state index contributed by atoms with van der Waals surface area (Å²) in [7, 11) is 0. The van der Waals surface area contributed by atoms with Crippen LogP contribution < -0.4 is 4.90 Å². The molecule has 3 aromatic rings. The van der Waals surface area contributed by atoms with Gasteiger partial charge in [-0.15, -0.1) is 0 Å². The molecule has 8 heteroatoms. The van der Waals surface area contributed by atoms with Crippen LogP contribution in [0.5, 0.6) is 5.75 Å². The highest BCUT2D eigenvalue weighted by Gasteiger charge is 2.30. The monoisotopic (exact) mass is 452 g/mol. The summed E-state index contributed by atoms with van der Waals surface area (Å²) >= 11 is 0. The van der Waals surface area contributed by atoms with E-state index in [2.05, 4.69) is 9.88 Å². The average Bonchev–Trinajstić information content (AvgIpc) is 3.20. The number of phenols is 1. The fourth-order valence-corrected chi connectivity index (χ4v) is 4.38. The molecule has 0 radical (unpaired) electrons. The van der Waals surface area contributed by atoms with Gasteiger partial charge in [0.05, 0.1) is 11.1 Å². The van der Waals surface area contributed by atoms with E-state index in [0.717, 1.165) is 6.42 Å².